The first-order valence-corrected chi connectivity index (χ1v) is 6.96. The van der Waals surface area contributed by atoms with Gasteiger partial charge in [-0.25, -0.2) is 0 Å². The summed E-state index contributed by atoms with van der Waals surface area (Å²) in [5.41, 5.74) is 0. The van der Waals surface area contributed by atoms with Crippen LogP contribution in [-0.4, -0.2) is 39.8 Å². The van der Waals surface area contributed by atoms with Crippen molar-refractivity contribution in [3.8, 4) is 0 Å². The Morgan fingerprint density at radius 1 is 1.57 bits per heavy atom. The van der Waals surface area contributed by atoms with Crippen LogP contribution in [0.1, 0.15) is 6.42 Å². The van der Waals surface area contributed by atoms with Crippen molar-refractivity contribution in [1.29, 1.82) is 0 Å². The fourth-order valence-corrected chi connectivity index (χ4v) is 2.34. The zero-order valence-corrected chi connectivity index (χ0v) is 9.95. The topological polar surface area (TPSA) is 55.8 Å². The Hall–Kier alpha value is -0.493. The van der Waals surface area contributed by atoms with Gasteiger partial charge < -0.3 is 14.0 Å². The van der Waals surface area contributed by atoms with Crippen LogP contribution >= 0.6 is 0 Å². The maximum atomic E-state index is 11.0. The summed E-state index contributed by atoms with van der Waals surface area (Å²) in [4.78, 5) is 11.0. The van der Waals surface area contributed by atoms with Gasteiger partial charge in [-0.15, -0.1) is 0 Å². The van der Waals surface area contributed by atoms with Gasteiger partial charge in [-0.05, 0) is 25.1 Å². The molecular formula is C9H18O4Si. The molecule has 0 aromatic carbocycles. The SMILES string of the molecule is C=CC(=O)C(O)CC[Si](C)(OC)OC. The third-order valence-electron chi connectivity index (χ3n) is 2.27. The number of hydrogen-bond acceptors (Lipinski definition) is 4. The number of rotatable bonds is 7. The Kier molecular flexibility index (Phi) is 5.86. The van der Waals surface area contributed by atoms with E-state index in [-0.39, 0.29) is 5.78 Å². The first-order valence-electron chi connectivity index (χ1n) is 4.43. The molecule has 1 atom stereocenters. The van der Waals surface area contributed by atoms with Gasteiger partial charge in [-0.2, -0.15) is 0 Å². The van der Waals surface area contributed by atoms with Crippen LogP contribution in [0, 0.1) is 0 Å². The second-order valence-corrected chi connectivity index (χ2v) is 6.79. The molecular weight excluding hydrogens is 200 g/mol. The van der Waals surface area contributed by atoms with Crippen molar-refractivity contribution < 1.29 is 18.8 Å². The van der Waals surface area contributed by atoms with Crippen molar-refractivity contribution in [2.75, 3.05) is 14.2 Å². The molecule has 0 spiro atoms. The molecule has 0 aromatic heterocycles. The Labute approximate surface area is 85.8 Å². The molecule has 82 valence electrons. The van der Waals surface area contributed by atoms with Gasteiger partial charge in [0.15, 0.2) is 5.78 Å². The summed E-state index contributed by atoms with van der Waals surface area (Å²) in [6, 6.07) is 0.584. The smallest absolute Gasteiger partial charge is 0.334 e. The summed E-state index contributed by atoms with van der Waals surface area (Å²) in [5.74, 6) is -0.353. The third kappa shape index (κ3) is 4.14. The lowest BCUT2D eigenvalue weighted by atomic mass is 10.2. The summed E-state index contributed by atoms with van der Waals surface area (Å²) < 4.78 is 10.4. The lowest BCUT2D eigenvalue weighted by Gasteiger charge is -2.23. The average molecular weight is 218 g/mol. The minimum atomic E-state index is -2.17. The maximum Gasteiger partial charge on any atom is 0.334 e. The van der Waals surface area contributed by atoms with E-state index in [1.54, 1.807) is 14.2 Å². The van der Waals surface area contributed by atoms with Gasteiger partial charge in [-0.3, -0.25) is 4.79 Å². The van der Waals surface area contributed by atoms with E-state index in [9.17, 15) is 9.90 Å². The van der Waals surface area contributed by atoms with Crippen LogP contribution in [0.25, 0.3) is 0 Å². The number of hydrogen-bond donors (Lipinski definition) is 1. The van der Waals surface area contributed by atoms with Gasteiger partial charge in [0, 0.05) is 14.2 Å². The molecule has 0 saturated heterocycles. The zero-order valence-electron chi connectivity index (χ0n) is 8.95. The van der Waals surface area contributed by atoms with Crippen molar-refractivity contribution in [2.24, 2.45) is 0 Å². The Bertz CT molecular complexity index is 201. The molecule has 0 aromatic rings. The molecule has 0 aliphatic carbocycles. The fraction of sp³-hybridized carbons (Fsp3) is 0.667. The highest BCUT2D eigenvalue weighted by Crippen LogP contribution is 2.15. The Balaban J connectivity index is 4.03. The molecule has 0 radical (unpaired) electrons. The third-order valence-corrected chi connectivity index (χ3v) is 5.19. The summed E-state index contributed by atoms with van der Waals surface area (Å²) in [5, 5.41) is 9.36. The van der Waals surface area contributed by atoms with E-state index in [0.29, 0.717) is 12.5 Å². The first-order chi connectivity index (χ1) is 6.49. The number of aliphatic hydroxyl groups excluding tert-OH is 1. The van der Waals surface area contributed by atoms with Gasteiger partial charge in [0.2, 0.25) is 0 Å². The molecule has 1 N–H and O–H groups in total. The first kappa shape index (κ1) is 13.5. The second kappa shape index (κ2) is 6.08. The van der Waals surface area contributed by atoms with Gasteiger partial charge >= 0.3 is 8.56 Å². The lowest BCUT2D eigenvalue weighted by Crippen LogP contribution is -2.37. The molecule has 0 rings (SSSR count). The predicted molar refractivity (Wildman–Crippen MR) is 56.3 cm³/mol. The Morgan fingerprint density at radius 2 is 2.07 bits per heavy atom. The van der Waals surface area contributed by atoms with Gasteiger partial charge in [0.1, 0.15) is 6.10 Å². The average Bonchev–Trinajstić information content (AvgIpc) is 2.24. The van der Waals surface area contributed by atoms with E-state index in [1.165, 1.54) is 0 Å². The van der Waals surface area contributed by atoms with Crippen molar-refractivity contribution in [1.82, 2.24) is 0 Å². The molecule has 0 fully saturated rings. The molecule has 0 heterocycles. The minimum Gasteiger partial charge on any atom is -0.398 e. The summed E-state index contributed by atoms with van der Waals surface area (Å²) >= 11 is 0. The predicted octanol–water partition coefficient (Wildman–Crippen LogP) is 0.857. The van der Waals surface area contributed by atoms with Crippen LogP contribution in [0.5, 0.6) is 0 Å². The van der Waals surface area contributed by atoms with Crippen LogP contribution in [0.4, 0.5) is 0 Å². The highest BCUT2D eigenvalue weighted by atomic mass is 28.4. The summed E-state index contributed by atoms with van der Waals surface area (Å²) in [6.07, 6.45) is 0.503. The standard InChI is InChI=1S/C9H18O4Si/c1-5-8(10)9(11)6-7-14(4,12-2)13-3/h5,9,11H,1,6-7H2,2-4H3. The molecule has 0 bridgehead atoms. The largest absolute Gasteiger partial charge is 0.398 e. The summed E-state index contributed by atoms with van der Waals surface area (Å²) in [6.45, 7) is 5.19. The van der Waals surface area contributed by atoms with E-state index < -0.39 is 14.7 Å². The molecule has 1 unspecified atom stereocenters. The molecule has 14 heavy (non-hydrogen) atoms. The molecule has 0 amide bonds. The van der Waals surface area contributed by atoms with Crippen LogP contribution < -0.4 is 0 Å². The van der Waals surface area contributed by atoms with Crippen LogP contribution in [0.3, 0.4) is 0 Å². The molecule has 4 nitrogen and oxygen atoms in total. The molecule has 0 saturated carbocycles. The van der Waals surface area contributed by atoms with Crippen molar-refractivity contribution >= 4 is 14.3 Å². The zero-order chi connectivity index (χ0) is 11.2. The highest BCUT2D eigenvalue weighted by Gasteiger charge is 2.30. The van der Waals surface area contributed by atoms with E-state index in [4.69, 9.17) is 8.85 Å². The number of carbonyl (C=O) groups excluding carboxylic acids is 1. The van der Waals surface area contributed by atoms with Gasteiger partial charge in [0.25, 0.3) is 0 Å². The highest BCUT2D eigenvalue weighted by molar-refractivity contribution is 6.65. The quantitative estimate of drug-likeness (QED) is 0.508. The van der Waals surface area contributed by atoms with Crippen molar-refractivity contribution in [3.05, 3.63) is 12.7 Å². The van der Waals surface area contributed by atoms with Gasteiger partial charge in [-0.1, -0.05) is 6.58 Å². The molecule has 0 aliphatic rings. The fourth-order valence-electron chi connectivity index (χ4n) is 0.965. The normalized spacial score (nSPS) is 13.7. The van der Waals surface area contributed by atoms with Crippen LogP contribution in [0.15, 0.2) is 12.7 Å². The van der Waals surface area contributed by atoms with Crippen LogP contribution in [0.2, 0.25) is 12.6 Å². The molecule has 5 heteroatoms. The number of aliphatic hydroxyl groups is 1. The van der Waals surface area contributed by atoms with E-state index in [1.807, 2.05) is 6.55 Å². The van der Waals surface area contributed by atoms with Crippen molar-refractivity contribution in [3.63, 3.8) is 0 Å². The Morgan fingerprint density at radius 3 is 2.43 bits per heavy atom. The monoisotopic (exact) mass is 218 g/mol. The maximum absolute atomic E-state index is 11.0. The van der Waals surface area contributed by atoms with Crippen LogP contribution in [-0.2, 0) is 13.6 Å². The van der Waals surface area contributed by atoms with E-state index in [0.717, 1.165) is 6.08 Å². The minimum absolute atomic E-state index is 0.353. The van der Waals surface area contributed by atoms with E-state index in [2.05, 4.69) is 6.58 Å². The lowest BCUT2D eigenvalue weighted by molar-refractivity contribution is -0.122. The number of ketones is 1. The van der Waals surface area contributed by atoms with Crippen molar-refractivity contribution in [2.45, 2.75) is 25.1 Å². The second-order valence-electron chi connectivity index (χ2n) is 3.20. The van der Waals surface area contributed by atoms with Gasteiger partial charge in [0.05, 0.1) is 0 Å². The van der Waals surface area contributed by atoms with E-state index >= 15 is 0 Å². The number of carbonyl (C=O) groups is 1. The molecule has 0 aliphatic heterocycles. The summed E-state index contributed by atoms with van der Waals surface area (Å²) in [7, 11) is 0.996.